The zero-order valence-electron chi connectivity index (χ0n) is 17.0. The van der Waals surface area contributed by atoms with Crippen molar-refractivity contribution in [2.24, 2.45) is 5.41 Å². The molecule has 2 amide bonds. The predicted molar refractivity (Wildman–Crippen MR) is 111 cm³/mol. The molecule has 29 heavy (non-hydrogen) atoms. The maximum Gasteiger partial charge on any atom is 0.267 e. The van der Waals surface area contributed by atoms with Gasteiger partial charge < -0.3 is 15.4 Å². The molecular weight excluding hydrogens is 370 g/mol. The molecule has 0 aliphatic carbocycles. The van der Waals surface area contributed by atoms with Crippen LogP contribution in [-0.4, -0.2) is 35.6 Å². The summed E-state index contributed by atoms with van der Waals surface area (Å²) in [5.74, 6) is -0.499. The number of hydrogen-bond donors (Lipinski definition) is 2. The first-order valence-electron chi connectivity index (χ1n) is 9.79. The summed E-state index contributed by atoms with van der Waals surface area (Å²) in [5, 5.41) is 5.63. The lowest BCUT2D eigenvalue weighted by molar-refractivity contribution is -0.123. The minimum Gasteiger partial charge on any atom is -0.376 e. The van der Waals surface area contributed by atoms with Gasteiger partial charge in [0.2, 0.25) is 5.91 Å². The third-order valence-corrected chi connectivity index (χ3v) is 4.79. The van der Waals surface area contributed by atoms with Crippen molar-refractivity contribution in [2.75, 3.05) is 18.5 Å². The van der Waals surface area contributed by atoms with Crippen LogP contribution in [0, 0.1) is 5.41 Å². The van der Waals surface area contributed by atoms with Crippen LogP contribution in [0.5, 0.6) is 0 Å². The van der Waals surface area contributed by atoms with Crippen LogP contribution in [0.4, 0.5) is 5.69 Å². The van der Waals surface area contributed by atoms with Gasteiger partial charge in [-0.15, -0.1) is 0 Å². The molecule has 7 nitrogen and oxygen atoms in total. The minimum absolute atomic E-state index is 0.0146. The van der Waals surface area contributed by atoms with Gasteiger partial charge in [0.15, 0.2) is 0 Å². The number of carbonyl (C=O) groups excluding carboxylic acids is 2. The van der Waals surface area contributed by atoms with Crippen molar-refractivity contribution in [3.05, 3.63) is 58.5 Å². The van der Waals surface area contributed by atoms with E-state index in [0.717, 1.165) is 12.8 Å². The summed E-state index contributed by atoms with van der Waals surface area (Å²) in [7, 11) is 0. The van der Waals surface area contributed by atoms with Crippen molar-refractivity contribution in [3.63, 3.8) is 0 Å². The van der Waals surface area contributed by atoms with Crippen LogP contribution in [0.15, 0.2) is 47.4 Å². The Labute approximate surface area is 170 Å². The molecule has 2 heterocycles. The fourth-order valence-corrected chi connectivity index (χ4v) is 3.00. The Balaban J connectivity index is 1.74. The van der Waals surface area contributed by atoms with Gasteiger partial charge in [-0.1, -0.05) is 20.8 Å². The summed E-state index contributed by atoms with van der Waals surface area (Å²) < 4.78 is 6.91. The quantitative estimate of drug-likeness (QED) is 0.812. The van der Waals surface area contributed by atoms with Crippen molar-refractivity contribution in [1.29, 1.82) is 0 Å². The Morgan fingerprint density at radius 2 is 1.90 bits per heavy atom. The number of amides is 2. The molecule has 1 unspecified atom stereocenters. The summed E-state index contributed by atoms with van der Waals surface area (Å²) in [4.78, 5) is 37.3. The van der Waals surface area contributed by atoms with Crippen LogP contribution in [0.3, 0.4) is 0 Å². The lowest BCUT2D eigenvalue weighted by Crippen LogP contribution is -2.36. The highest BCUT2D eigenvalue weighted by atomic mass is 16.5. The van der Waals surface area contributed by atoms with E-state index >= 15 is 0 Å². The van der Waals surface area contributed by atoms with Crippen LogP contribution in [0.1, 0.15) is 44.0 Å². The van der Waals surface area contributed by atoms with Crippen molar-refractivity contribution in [1.82, 2.24) is 9.88 Å². The average molecular weight is 397 g/mol. The number of pyridine rings is 1. The van der Waals surface area contributed by atoms with Gasteiger partial charge in [0, 0.05) is 36.1 Å². The average Bonchev–Trinajstić information content (AvgIpc) is 3.20. The molecule has 1 fully saturated rings. The number of benzene rings is 1. The van der Waals surface area contributed by atoms with E-state index in [0.29, 0.717) is 24.5 Å². The van der Waals surface area contributed by atoms with Crippen molar-refractivity contribution in [2.45, 2.75) is 39.7 Å². The van der Waals surface area contributed by atoms with E-state index in [1.807, 2.05) is 20.8 Å². The van der Waals surface area contributed by atoms with Crippen LogP contribution < -0.4 is 16.2 Å². The Bertz CT molecular complexity index is 936. The molecule has 2 aromatic rings. The zero-order valence-corrected chi connectivity index (χ0v) is 17.0. The molecule has 0 radical (unpaired) electrons. The van der Waals surface area contributed by atoms with E-state index in [9.17, 15) is 14.4 Å². The van der Waals surface area contributed by atoms with E-state index < -0.39 is 16.9 Å². The molecule has 1 atom stereocenters. The van der Waals surface area contributed by atoms with Crippen molar-refractivity contribution in [3.8, 4) is 5.69 Å². The number of rotatable bonds is 5. The van der Waals surface area contributed by atoms with Crippen molar-refractivity contribution < 1.29 is 14.3 Å². The van der Waals surface area contributed by atoms with Gasteiger partial charge in [-0.3, -0.25) is 19.0 Å². The third-order valence-electron chi connectivity index (χ3n) is 4.79. The Morgan fingerprint density at radius 3 is 2.52 bits per heavy atom. The molecule has 154 valence electrons. The van der Waals surface area contributed by atoms with E-state index in [1.54, 1.807) is 36.5 Å². The van der Waals surface area contributed by atoms with Gasteiger partial charge in [0.05, 0.1) is 6.10 Å². The summed E-state index contributed by atoms with van der Waals surface area (Å²) in [6.45, 7) is 6.63. The van der Waals surface area contributed by atoms with Crippen LogP contribution in [-0.2, 0) is 9.53 Å². The second-order valence-corrected chi connectivity index (χ2v) is 8.19. The van der Waals surface area contributed by atoms with Gasteiger partial charge in [-0.2, -0.15) is 0 Å². The minimum atomic E-state index is -0.499. The second kappa shape index (κ2) is 8.61. The second-order valence-electron chi connectivity index (χ2n) is 8.19. The smallest absolute Gasteiger partial charge is 0.267 e. The maximum atomic E-state index is 12.8. The molecule has 3 rings (SSSR count). The monoisotopic (exact) mass is 397 g/mol. The summed E-state index contributed by atoms with van der Waals surface area (Å²) in [6, 6.07) is 10.1. The highest BCUT2D eigenvalue weighted by molar-refractivity contribution is 5.95. The molecular formula is C22H27N3O4. The molecule has 1 saturated heterocycles. The first-order valence-corrected chi connectivity index (χ1v) is 9.79. The SMILES string of the molecule is CC(C)(C)C(=O)Nc1ccc(-n2cccc(C(=O)NCC3CCCO3)c2=O)cc1. The lowest BCUT2D eigenvalue weighted by Gasteiger charge is -2.18. The molecule has 1 aromatic heterocycles. The van der Waals surface area contributed by atoms with E-state index in [4.69, 9.17) is 4.74 Å². The highest BCUT2D eigenvalue weighted by Crippen LogP contribution is 2.18. The maximum absolute atomic E-state index is 12.8. The van der Waals surface area contributed by atoms with Gasteiger partial charge in [0.25, 0.3) is 11.5 Å². The van der Waals surface area contributed by atoms with Crippen molar-refractivity contribution >= 4 is 17.5 Å². The van der Waals surface area contributed by atoms with Gasteiger partial charge in [0.1, 0.15) is 5.56 Å². The first-order chi connectivity index (χ1) is 13.8. The number of hydrogen-bond acceptors (Lipinski definition) is 4. The number of aromatic nitrogens is 1. The Hall–Kier alpha value is -2.93. The molecule has 1 aliphatic rings. The Kier molecular flexibility index (Phi) is 6.17. The van der Waals surface area contributed by atoms with Gasteiger partial charge in [-0.25, -0.2) is 0 Å². The normalized spacial score (nSPS) is 16.4. The summed E-state index contributed by atoms with van der Waals surface area (Å²) in [5.41, 5.74) is 0.435. The van der Waals surface area contributed by atoms with Crippen LogP contribution in [0.2, 0.25) is 0 Å². The molecule has 2 N–H and O–H groups in total. The number of nitrogens with zero attached hydrogens (tertiary/aromatic N) is 1. The number of nitrogens with one attached hydrogen (secondary N) is 2. The Morgan fingerprint density at radius 1 is 1.17 bits per heavy atom. The van der Waals surface area contributed by atoms with E-state index in [2.05, 4.69) is 10.6 Å². The van der Waals surface area contributed by atoms with Gasteiger partial charge in [-0.05, 0) is 49.2 Å². The summed E-state index contributed by atoms with van der Waals surface area (Å²) in [6.07, 6.45) is 3.53. The third kappa shape index (κ3) is 5.12. The number of anilines is 1. The molecule has 0 bridgehead atoms. The lowest BCUT2D eigenvalue weighted by atomic mass is 9.95. The first kappa shape index (κ1) is 20.8. The highest BCUT2D eigenvalue weighted by Gasteiger charge is 2.21. The van der Waals surface area contributed by atoms with Gasteiger partial charge >= 0.3 is 0 Å². The molecule has 1 aromatic carbocycles. The zero-order chi connectivity index (χ0) is 21.0. The predicted octanol–water partition coefficient (Wildman–Crippen LogP) is 2.73. The molecule has 7 heteroatoms. The molecule has 0 saturated carbocycles. The molecule has 0 spiro atoms. The largest absolute Gasteiger partial charge is 0.376 e. The fraction of sp³-hybridized carbons (Fsp3) is 0.409. The summed E-state index contributed by atoms with van der Waals surface area (Å²) >= 11 is 0. The topological polar surface area (TPSA) is 89.4 Å². The standard InChI is InChI=1S/C22H27N3O4/c1-22(2,3)21(28)24-15-8-10-16(11-9-15)25-12-4-7-18(20(25)27)19(26)23-14-17-6-5-13-29-17/h4,7-12,17H,5-6,13-14H2,1-3H3,(H,23,26)(H,24,28). The number of ether oxygens (including phenoxy) is 1. The number of carbonyl (C=O) groups is 2. The van der Waals surface area contributed by atoms with E-state index in [-0.39, 0.29) is 17.6 Å². The van der Waals surface area contributed by atoms with Crippen LogP contribution >= 0.6 is 0 Å². The molecule has 1 aliphatic heterocycles. The van der Waals surface area contributed by atoms with Crippen LogP contribution in [0.25, 0.3) is 5.69 Å². The van der Waals surface area contributed by atoms with E-state index in [1.165, 1.54) is 10.6 Å². The fourth-order valence-electron chi connectivity index (χ4n) is 3.00.